The Morgan fingerprint density at radius 2 is 2.20 bits per heavy atom. The number of Topliss-reactive ketones (excluding diaryl/α,β-unsaturated/α-hetero) is 1. The number of rotatable bonds is 5. The third-order valence-corrected chi connectivity index (χ3v) is 3.12. The number of carbonyl (C=O) groups is 1. The topological polar surface area (TPSA) is 42.0 Å². The lowest BCUT2D eigenvalue weighted by atomic mass is 10.1. The van der Waals surface area contributed by atoms with Gasteiger partial charge in [0, 0.05) is 6.54 Å². The highest BCUT2D eigenvalue weighted by Gasteiger charge is 2.14. The van der Waals surface area contributed by atoms with Crippen molar-refractivity contribution in [3.05, 3.63) is 11.3 Å². The number of aryl methyl sites for hydroxylation is 1. The number of aromatic nitrogens is 1. The number of nitrogens with zero attached hydrogens (tertiary/aromatic N) is 1. The largest absolute Gasteiger partial charge is 0.375 e. The summed E-state index contributed by atoms with van der Waals surface area (Å²) in [5, 5.41) is 4.20. The predicted octanol–water partition coefficient (Wildman–Crippen LogP) is 3.11. The summed E-state index contributed by atoms with van der Waals surface area (Å²) >= 11 is 1.37. The average Bonchev–Trinajstić information content (AvgIpc) is 2.46. The summed E-state index contributed by atoms with van der Waals surface area (Å²) in [7, 11) is 0. The van der Waals surface area contributed by atoms with Crippen molar-refractivity contribution in [1.82, 2.24) is 4.37 Å². The van der Waals surface area contributed by atoms with Gasteiger partial charge >= 0.3 is 0 Å². The Kier molecular flexibility index (Phi) is 4.27. The van der Waals surface area contributed by atoms with Crippen LogP contribution < -0.4 is 5.32 Å². The Hall–Kier alpha value is -0.900. The van der Waals surface area contributed by atoms with E-state index in [9.17, 15) is 4.79 Å². The zero-order valence-corrected chi connectivity index (χ0v) is 10.6. The molecule has 1 aromatic heterocycles. The molecule has 84 valence electrons. The van der Waals surface area contributed by atoms with Crippen LogP contribution in [0.25, 0.3) is 0 Å². The van der Waals surface area contributed by atoms with Crippen LogP contribution in [0.15, 0.2) is 0 Å². The van der Waals surface area contributed by atoms with Crippen LogP contribution in [0.5, 0.6) is 0 Å². The molecule has 4 heteroatoms. The van der Waals surface area contributed by atoms with E-state index in [0.29, 0.717) is 5.92 Å². The number of hydrogen-bond acceptors (Lipinski definition) is 4. The Labute approximate surface area is 95.1 Å². The van der Waals surface area contributed by atoms with Gasteiger partial charge in [0.1, 0.15) is 5.00 Å². The van der Waals surface area contributed by atoms with Gasteiger partial charge in [0.15, 0.2) is 5.78 Å². The number of carbonyl (C=O) groups excluding carboxylic acids is 1. The molecular weight excluding hydrogens is 208 g/mol. The van der Waals surface area contributed by atoms with Gasteiger partial charge in [0.2, 0.25) is 0 Å². The van der Waals surface area contributed by atoms with E-state index >= 15 is 0 Å². The highest BCUT2D eigenvalue weighted by atomic mass is 32.1. The van der Waals surface area contributed by atoms with Crippen molar-refractivity contribution >= 4 is 22.3 Å². The minimum absolute atomic E-state index is 0.0910. The predicted molar refractivity (Wildman–Crippen MR) is 64.8 cm³/mol. The van der Waals surface area contributed by atoms with Gasteiger partial charge in [0.05, 0.1) is 11.3 Å². The quantitative estimate of drug-likeness (QED) is 0.784. The molecule has 1 heterocycles. The van der Waals surface area contributed by atoms with Crippen molar-refractivity contribution in [2.24, 2.45) is 5.92 Å². The first kappa shape index (κ1) is 12.2. The van der Waals surface area contributed by atoms with E-state index in [-0.39, 0.29) is 5.78 Å². The van der Waals surface area contributed by atoms with Crippen molar-refractivity contribution in [1.29, 1.82) is 0 Å². The first-order valence-electron chi connectivity index (χ1n) is 5.23. The molecule has 0 unspecified atom stereocenters. The highest BCUT2D eigenvalue weighted by Crippen LogP contribution is 2.24. The van der Waals surface area contributed by atoms with Crippen LogP contribution in [0.4, 0.5) is 5.00 Å². The maximum absolute atomic E-state index is 11.4. The van der Waals surface area contributed by atoms with Crippen molar-refractivity contribution in [2.75, 3.05) is 11.9 Å². The fourth-order valence-electron chi connectivity index (χ4n) is 1.38. The minimum Gasteiger partial charge on any atom is -0.375 e. The molecular formula is C11H18N2OS. The zero-order valence-electron chi connectivity index (χ0n) is 9.76. The number of nitrogens with one attached hydrogen (secondary N) is 1. The summed E-state index contributed by atoms with van der Waals surface area (Å²) in [5.74, 6) is 0.764. The first-order valence-corrected chi connectivity index (χ1v) is 6.00. The third kappa shape index (κ3) is 3.30. The van der Waals surface area contributed by atoms with E-state index < -0.39 is 0 Å². The summed E-state index contributed by atoms with van der Waals surface area (Å²) in [4.78, 5) is 11.4. The SMILES string of the molecule is CC(=O)c1c(C)nsc1NCCC(C)C. The Morgan fingerprint density at radius 1 is 1.53 bits per heavy atom. The van der Waals surface area contributed by atoms with Crippen LogP contribution in [0.2, 0.25) is 0 Å². The molecule has 0 radical (unpaired) electrons. The number of ketones is 1. The van der Waals surface area contributed by atoms with E-state index in [1.54, 1.807) is 6.92 Å². The fraction of sp³-hybridized carbons (Fsp3) is 0.636. The molecule has 0 atom stereocenters. The standard InChI is InChI=1S/C11H18N2OS/c1-7(2)5-6-12-11-10(9(4)14)8(3)13-15-11/h7,12H,5-6H2,1-4H3. The van der Waals surface area contributed by atoms with Crippen LogP contribution in [-0.4, -0.2) is 16.7 Å². The van der Waals surface area contributed by atoms with E-state index in [1.807, 2.05) is 6.92 Å². The van der Waals surface area contributed by atoms with Gasteiger partial charge in [-0.1, -0.05) is 13.8 Å². The van der Waals surface area contributed by atoms with Crippen molar-refractivity contribution in [2.45, 2.75) is 34.1 Å². The molecule has 0 aliphatic rings. The first-order chi connectivity index (χ1) is 7.02. The Bertz CT molecular complexity index is 344. The second kappa shape index (κ2) is 5.26. The van der Waals surface area contributed by atoms with Gasteiger partial charge in [-0.3, -0.25) is 4.79 Å². The molecule has 15 heavy (non-hydrogen) atoms. The molecule has 0 aliphatic heterocycles. The molecule has 0 aromatic carbocycles. The Balaban J connectivity index is 2.65. The zero-order chi connectivity index (χ0) is 11.4. The fourth-order valence-corrected chi connectivity index (χ4v) is 2.25. The van der Waals surface area contributed by atoms with Gasteiger partial charge in [-0.2, -0.15) is 4.37 Å². The maximum Gasteiger partial charge on any atom is 0.164 e. The number of anilines is 1. The molecule has 0 aliphatic carbocycles. The van der Waals surface area contributed by atoms with Crippen molar-refractivity contribution in [3.8, 4) is 0 Å². The van der Waals surface area contributed by atoms with E-state index in [2.05, 4.69) is 23.5 Å². The highest BCUT2D eigenvalue weighted by molar-refractivity contribution is 7.10. The lowest BCUT2D eigenvalue weighted by Crippen LogP contribution is -2.06. The molecule has 0 bridgehead atoms. The van der Waals surface area contributed by atoms with Gasteiger partial charge < -0.3 is 5.32 Å². The molecule has 1 aromatic rings. The smallest absolute Gasteiger partial charge is 0.164 e. The van der Waals surface area contributed by atoms with Gasteiger partial charge in [-0.15, -0.1) is 0 Å². The molecule has 0 saturated carbocycles. The summed E-state index contributed by atoms with van der Waals surface area (Å²) in [5.41, 5.74) is 1.59. The van der Waals surface area contributed by atoms with Crippen LogP contribution in [-0.2, 0) is 0 Å². The minimum atomic E-state index is 0.0910. The Morgan fingerprint density at radius 3 is 2.73 bits per heavy atom. The van der Waals surface area contributed by atoms with Gasteiger partial charge in [-0.05, 0) is 37.7 Å². The second-order valence-corrected chi connectivity index (χ2v) is 4.91. The maximum atomic E-state index is 11.4. The van der Waals surface area contributed by atoms with Crippen LogP contribution >= 0.6 is 11.5 Å². The lowest BCUT2D eigenvalue weighted by Gasteiger charge is -2.07. The lowest BCUT2D eigenvalue weighted by molar-refractivity contribution is 0.101. The average molecular weight is 226 g/mol. The van der Waals surface area contributed by atoms with Crippen molar-refractivity contribution < 1.29 is 4.79 Å². The van der Waals surface area contributed by atoms with Gasteiger partial charge in [0.25, 0.3) is 0 Å². The van der Waals surface area contributed by atoms with E-state index in [4.69, 9.17) is 0 Å². The summed E-state index contributed by atoms with van der Waals surface area (Å²) in [6, 6.07) is 0. The number of hydrogen-bond donors (Lipinski definition) is 1. The second-order valence-electron chi connectivity index (χ2n) is 4.14. The summed E-state index contributed by atoms with van der Waals surface area (Å²) < 4.78 is 4.19. The van der Waals surface area contributed by atoms with Crippen molar-refractivity contribution in [3.63, 3.8) is 0 Å². The van der Waals surface area contributed by atoms with Crippen LogP contribution in [0.3, 0.4) is 0 Å². The third-order valence-electron chi connectivity index (χ3n) is 2.22. The summed E-state index contributed by atoms with van der Waals surface area (Å²) in [6.45, 7) is 8.74. The van der Waals surface area contributed by atoms with Crippen LogP contribution in [0, 0.1) is 12.8 Å². The molecule has 0 spiro atoms. The molecule has 1 N–H and O–H groups in total. The monoisotopic (exact) mass is 226 g/mol. The molecule has 3 nitrogen and oxygen atoms in total. The van der Waals surface area contributed by atoms with Crippen LogP contribution in [0.1, 0.15) is 43.2 Å². The molecule has 1 rings (SSSR count). The normalized spacial score (nSPS) is 10.7. The van der Waals surface area contributed by atoms with E-state index in [1.165, 1.54) is 11.5 Å². The summed E-state index contributed by atoms with van der Waals surface area (Å²) in [6.07, 6.45) is 1.11. The molecule has 0 amide bonds. The molecule has 0 saturated heterocycles. The molecule has 0 fully saturated rings. The van der Waals surface area contributed by atoms with E-state index in [0.717, 1.165) is 29.2 Å². The van der Waals surface area contributed by atoms with Gasteiger partial charge in [-0.25, -0.2) is 0 Å².